The fourth-order valence-electron chi connectivity index (χ4n) is 2.57. The van der Waals surface area contributed by atoms with Crippen LogP contribution < -0.4 is 10.0 Å². The highest BCUT2D eigenvalue weighted by Crippen LogP contribution is 2.41. The molecule has 0 amide bonds. The molecule has 1 aliphatic carbocycles. The summed E-state index contributed by atoms with van der Waals surface area (Å²) in [6.45, 7) is 0. The van der Waals surface area contributed by atoms with E-state index in [1.807, 2.05) is 18.2 Å². The number of thiophene rings is 1. The van der Waals surface area contributed by atoms with E-state index < -0.39 is 10.0 Å². The van der Waals surface area contributed by atoms with Crippen molar-refractivity contribution in [3.8, 4) is 0 Å². The topological polar surface area (TPSA) is 58.2 Å². The number of sulfonamides is 1. The van der Waals surface area contributed by atoms with Crippen LogP contribution in [0.4, 0.5) is 11.4 Å². The third-order valence-corrected chi connectivity index (χ3v) is 5.30. The van der Waals surface area contributed by atoms with Gasteiger partial charge < -0.3 is 5.32 Å². The molecule has 1 heterocycles. The van der Waals surface area contributed by atoms with Crippen LogP contribution in [0.5, 0.6) is 0 Å². The first-order valence-electron chi connectivity index (χ1n) is 6.53. The second-order valence-electron chi connectivity index (χ2n) is 5.12. The van der Waals surface area contributed by atoms with Gasteiger partial charge in [-0.2, -0.15) is 0 Å². The molecular formula is C14H15ClN2O2S2. The van der Waals surface area contributed by atoms with E-state index >= 15 is 0 Å². The van der Waals surface area contributed by atoms with E-state index in [1.54, 1.807) is 23.5 Å². The molecular weight excluding hydrogens is 328 g/mol. The summed E-state index contributed by atoms with van der Waals surface area (Å²) in [5.41, 5.74) is 2.71. The number of fused-ring (bicyclic) bond motifs is 1. The van der Waals surface area contributed by atoms with Crippen molar-refractivity contribution in [3.05, 3.63) is 45.1 Å². The van der Waals surface area contributed by atoms with Crippen molar-refractivity contribution in [2.24, 2.45) is 0 Å². The van der Waals surface area contributed by atoms with Crippen LogP contribution in [0.1, 0.15) is 22.9 Å². The Morgan fingerprint density at radius 2 is 2.05 bits per heavy atom. The van der Waals surface area contributed by atoms with E-state index in [0.717, 1.165) is 29.1 Å². The Morgan fingerprint density at radius 1 is 1.29 bits per heavy atom. The summed E-state index contributed by atoms with van der Waals surface area (Å²) in [4.78, 5) is 1.34. The minimum absolute atomic E-state index is 0.234. The Balaban J connectivity index is 1.78. The van der Waals surface area contributed by atoms with Crippen LogP contribution in [0.25, 0.3) is 0 Å². The molecule has 0 bridgehead atoms. The maximum Gasteiger partial charge on any atom is 0.229 e. The van der Waals surface area contributed by atoms with Gasteiger partial charge in [-0.25, -0.2) is 8.42 Å². The summed E-state index contributed by atoms with van der Waals surface area (Å²) in [6.07, 6.45) is 3.21. The number of aryl methyl sites for hydroxylation is 1. The van der Waals surface area contributed by atoms with Crippen LogP contribution in [0.15, 0.2) is 30.3 Å². The summed E-state index contributed by atoms with van der Waals surface area (Å²) >= 11 is 7.69. The smallest absolute Gasteiger partial charge is 0.229 e. The van der Waals surface area contributed by atoms with Crippen molar-refractivity contribution in [2.45, 2.75) is 18.9 Å². The molecule has 1 atom stereocenters. The van der Waals surface area contributed by atoms with Gasteiger partial charge in [-0.3, -0.25) is 4.72 Å². The fraction of sp³-hybridized carbons (Fsp3) is 0.286. The number of rotatable bonds is 4. The number of hydrogen-bond acceptors (Lipinski definition) is 4. The lowest BCUT2D eigenvalue weighted by atomic mass is 10.1. The lowest BCUT2D eigenvalue weighted by molar-refractivity contribution is 0.607. The summed E-state index contributed by atoms with van der Waals surface area (Å²) in [7, 11) is -3.26. The molecule has 0 spiro atoms. The zero-order valence-corrected chi connectivity index (χ0v) is 13.8. The Labute approximate surface area is 133 Å². The van der Waals surface area contributed by atoms with Gasteiger partial charge in [-0.05, 0) is 42.7 Å². The normalized spacial score (nSPS) is 17.5. The number of benzene rings is 1. The van der Waals surface area contributed by atoms with Gasteiger partial charge >= 0.3 is 0 Å². The lowest BCUT2D eigenvalue weighted by Crippen LogP contribution is -2.10. The molecule has 4 nitrogen and oxygen atoms in total. The van der Waals surface area contributed by atoms with Crippen LogP contribution in [0.2, 0.25) is 4.34 Å². The molecule has 3 rings (SSSR count). The molecule has 0 aliphatic heterocycles. The monoisotopic (exact) mass is 342 g/mol. The first kappa shape index (κ1) is 14.7. The third kappa shape index (κ3) is 3.51. The number of anilines is 2. The summed E-state index contributed by atoms with van der Waals surface area (Å²) < 4.78 is 25.9. The van der Waals surface area contributed by atoms with E-state index in [0.29, 0.717) is 5.69 Å². The number of halogens is 1. The van der Waals surface area contributed by atoms with E-state index in [9.17, 15) is 8.42 Å². The van der Waals surface area contributed by atoms with Crippen molar-refractivity contribution < 1.29 is 8.42 Å². The molecule has 2 N–H and O–H groups in total. The molecule has 7 heteroatoms. The third-order valence-electron chi connectivity index (χ3n) is 3.35. The average Bonchev–Trinajstić information content (AvgIpc) is 2.88. The Hall–Kier alpha value is -1.24. The first-order valence-corrected chi connectivity index (χ1v) is 9.62. The van der Waals surface area contributed by atoms with Crippen LogP contribution in [0, 0.1) is 0 Å². The molecule has 1 aromatic carbocycles. The molecule has 1 aliphatic rings. The van der Waals surface area contributed by atoms with Gasteiger partial charge in [-0.1, -0.05) is 17.7 Å². The fourth-order valence-corrected chi connectivity index (χ4v) is 4.48. The largest absolute Gasteiger partial charge is 0.378 e. The van der Waals surface area contributed by atoms with E-state index in [-0.39, 0.29) is 6.04 Å². The van der Waals surface area contributed by atoms with Gasteiger partial charge in [0.2, 0.25) is 10.0 Å². The zero-order chi connectivity index (χ0) is 15.0. The van der Waals surface area contributed by atoms with Crippen LogP contribution in [-0.4, -0.2) is 14.7 Å². The highest BCUT2D eigenvalue weighted by molar-refractivity contribution is 7.92. The average molecular weight is 343 g/mol. The van der Waals surface area contributed by atoms with Gasteiger partial charge in [-0.15, -0.1) is 11.3 Å². The molecule has 21 heavy (non-hydrogen) atoms. The number of nitrogens with one attached hydrogen (secondary N) is 2. The molecule has 2 aromatic rings. The highest BCUT2D eigenvalue weighted by atomic mass is 35.5. The van der Waals surface area contributed by atoms with Gasteiger partial charge in [0.05, 0.1) is 22.3 Å². The van der Waals surface area contributed by atoms with Crippen molar-refractivity contribution in [2.75, 3.05) is 16.3 Å². The van der Waals surface area contributed by atoms with E-state index in [2.05, 4.69) is 10.0 Å². The molecule has 1 unspecified atom stereocenters. The molecule has 1 aromatic heterocycles. The highest BCUT2D eigenvalue weighted by Gasteiger charge is 2.24. The second kappa shape index (κ2) is 5.51. The molecule has 0 fully saturated rings. The standard InChI is InChI=1S/C14H15ClN2O2S2/c1-21(18,19)17-10-4-2-3-9(7-10)16-12-5-6-13-11(12)8-14(15)20-13/h2-4,7-8,12,16-17H,5-6H2,1H3. The van der Waals surface area contributed by atoms with Crippen molar-refractivity contribution in [1.82, 2.24) is 0 Å². The van der Waals surface area contributed by atoms with Gasteiger partial charge in [0.1, 0.15) is 0 Å². The predicted octanol–water partition coefficient (Wildman–Crippen LogP) is 3.87. The minimum atomic E-state index is -3.26. The summed E-state index contributed by atoms with van der Waals surface area (Å²) in [5, 5.41) is 3.45. The van der Waals surface area contributed by atoms with E-state index in [4.69, 9.17) is 11.6 Å². The van der Waals surface area contributed by atoms with Crippen molar-refractivity contribution in [1.29, 1.82) is 0 Å². The molecule has 0 radical (unpaired) electrons. The second-order valence-corrected chi connectivity index (χ2v) is 8.64. The Bertz CT molecular complexity index is 771. The maximum absolute atomic E-state index is 11.3. The Kier molecular flexibility index (Phi) is 3.86. The SMILES string of the molecule is CS(=O)(=O)Nc1cccc(NC2CCc3sc(Cl)cc32)c1. The van der Waals surface area contributed by atoms with Crippen LogP contribution >= 0.6 is 22.9 Å². The lowest BCUT2D eigenvalue weighted by Gasteiger charge is -2.15. The quantitative estimate of drug-likeness (QED) is 0.886. The van der Waals surface area contributed by atoms with Crippen LogP contribution in [0.3, 0.4) is 0 Å². The maximum atomic E-state index is 11.3. The van der Waals surface area contributed by atoms with Crippen molar-refractivity contribution in [3.63, 3.8) is 0 Å². The zero-order valence-electron chi connectivity index (χ0n) is 11.4. The van der Waals surface area contributed by atoms with Crippen LogP contribution in [-0.2, 0) is 16.4 Å². The minimum Gasteiger partial charge on any atom is -0.378 e. The number of hydrogen-bond donors (Lipinski definition) is 2. The predicted molar refractivity (Wildman–Crippen MR) is 88.9 cm³/mol. The van der Waals surface area contributed by atoms with Gasteiger partial charge in [0.15, 0.2) is 0 Å². The van der Waals surface area contributed by atoms with Gasteiger partial charge in [0, 0.05) is 10.6 Å². The van der Waals surface area contributed by atoms with Crippen molar-refractivity contribution >= 4 is 44.3 Å². The Morgan fingerprint density at radius 3 is 2.81 bits per heavy atom. The molecule has 0 saturated carbocycles. The summed E-state index contributed by atoms with van der Waals surface area (Å²) in [6, 6.07) is 9.54. The molecule has 112 valence electrons. The van der Waals surface area contributed by atoms with Gasteiger partial charge in [0.25, 0.3) is 0 Å². The molecule has 0 saturated heterocycles. The first-order chi connectivity index (χ1) is 9.90. The summed E-state index contributed by atoms with van der Waals surface area (Å²) in [5.74, 6) is 0. The van der Waals surface area contributed by atoms with E-state index in [1.165, 1.54) is 10.4 Å².